The summed E-state index contributed by atoms with van der Waals surface area (Å²) in [5.41, 5.74) is 2.94. The van der Waals surface area contributed by atoms with Crippen molar-refractivity contribution in [2.45, 2.75) is 20.0 Å². The minimum absolute atomic E-state index is 0.0120. The van der Waals surface area contributed by atoms with E-state index in [9.17, 15) is 9.90 Å². The summed E-state index contributed by atoms with van der Waals surface area (Å²) in [5.74, 6) is 0.792. The Morgan fingerprint density at radius 3 is 2.70 bits per heavy atom. The Morgan fingerprint density at radius 2 is 1.97 bits per heavy atom. The molecule has 160 valence electrons. The summed E-state index contributed by atoms with van der Waals surface area (Å²) in [5, 5.41) is 15.5. The number of hydrogen-bond donors (Lipinski definition) is 3. The van der Waals surface area contributed by atoms with Gasteiger partial charge in [0, 0.05) is 25.2 Å². The molecule has 1 amide bonds. The molecule has 0 radical (unpaired) electrons. The van der Waals surface area contributed by atoms with E-state index in [0.717, 1.165) is 25.6 Å². The molecule has 0 saturated carbocycles. The second-order valence-corrected chi connectivity index (χ2v) is 7.20. The van der Waals surface area contributed by atoms with Crippen LogP contribution in [0.5, 0.6) is 5.75 Å². The Labute approximate surface area is 177 Å². The smallest absolute Gasteiger partial charge is 0.251 e. The molecular formula is C23H30N4O3. The molecule has 30 heavy (non-hydrogen) atoms. The number of hydrogen-bond acceptors (Lipinski definition) is 4. The summed E-state index contributed by atoms with van der Waals surface area (Å²) in [4.78, 5) is 19.1. The Hall–Kier alpha value is -3.06. The van der Waals surface area contributed by atoms with Gasteiger partial charge in [-0.05, 0) is 49.2 Å². The zero-order valence-electron chi connectivity index (χ0n) is 17.6. The van der Waals surface area contributed by atoms with Gasteiger partial charge in [0.05, 0.1) is 19.7 Å². The van der Waals surface area contributed by atoms with Gasteiger partial charge in [0.25, 0.3) is 5.91 Å². The Balaban J connectivity index is 1.57. The van der Waals surface area contributed by atoms with Crippen molar-refractivity contribution in [3.8, 4) is 5.75 Å². The molecule has 0 aromatic heterocycles. The van der Waals surface area contributed by atoms with Crippen molar-refractivity contribution in [1.82, 2.24) is 15.5 Å². The zero-order chi connectivity index (χ0) is 21.3. The van der Waals surface area contributed by atoms with Crippen molar-refractivity contribution in [2.75, 3.05) is 39.3 Å². The molecule has 0 aliphatic carbocycles. The average Bonchev–Trinajstić information content (AvgIpc) is 2.76. The monoisotopic (exact) mass is 410 g/mol. The number of carbonyl (C=O) groups is 1. The minimum atomic E-state index is -0.179. The molecule has 1 aliphatic heterocycles. The van der Waals surface area contributed by atoms with Gasteiger partial charge in [-0.15, -0.1) is 0 Å². The largest absolute Gasteiger partial charge is 0.508 e. The number of aromatic hydroxyl groups is 1. The fourth-order valence-electron chi connectivity index (χ4n) is 3.45. The molecule has 0 spiro atoms. The van der Waals surface area contributed by atoms with Crippen LogP contribution in [0.1, 0.15) is 34.5 Å². The van der Waals surface area contributed by atoms with Crippen LogP contribution in [-0.4, -0.2) is 61.2 Å². The summed E-state index contributed by atoms with van der Waals surface area (Å²) in [6.07, 6.45) is 0.0120. The van der Waals surface area contributed by atoms with Crippen LogP contribution >= 0.6 is 0 Å². The predicted molar refractivity (Wildman–Crippen MR) is 118 cm³/mol. The van der Waals surface area contributed by atoms with Gasteiger partial charge in [0.1, 0.15) is 11.9 Å². The lowest BCUT2D eigenvalue weighted by Gasteiger charge is -2.35. The molecule has 2 aromatic carbocycles. The average molecular weight is 411 g/mol. The van der Waals surface area contributed by atoms with Crippen LogP contribution in [0.3, 0.4) is 0 Å². The maximum absolute atomic E-state index is 12.2. The van der Waals surface area contributed by atoms with Gasteiger partial charge < -0.3 is 25.4 Å². The third-order valence-corrected chi connectivity index (χ3v) is 5.02. The van der Waals surface area contributed by atoms with Crippen molar-refractivity contribution < 1.29 is 14.6 Å². The highest BCUT2D eigenvalue weighted by Crippen LogP contribution is 2.24. The highest BCUT2D eigenvalue weighted by Gasteiger charge is 2.25. The van der Waals surface area contributed by atoms with Gasteiger partial charge >= 0.3 is 0 Å². The van der Waals surface area contributed by atoms with E-state index in [-0.39, 0.29) is 17.8 Å². The fourth-order valence-corrected chi connectivity index (χ4v) is 3.45. The van der Waals surface area contributed by atoms with Crippen LogP contribution < -0.4 is 10.6 Å². The van der Waals surface area contributed by atoms with Crippen LogP contribution in [0, 0.1) is 6.92 Å². The molecule has 3 rings (SSSR count). The highest BCUT2D eigenvalue weighted by atomic mass is 16.5. The second-order valence-electron chi connectivity index (χ2n) is 7.20. The molecule has 7 nitrogen and oxygen atoms in total. The van der Waals surface area contributed by atoms with Crippen LogP contribution in [0.15, 0.2) is 53.5 Å². The van der Waals surface area contributed by atoms with E-state index in [0.29, 0.717) is 25.3 Å². The summed E-state index contributed by atoms with van der Waals surface area (Å²) >= 11 is 0. The van der Waals surface area contributed by atoms with Gasteiger partial charge in [-0.25, -0.2) is 0 Å². The van der Waals surface area contributed by atoms with E-state index in [2.05, 4.69) is 39.6 Å². The first-order valence-corrected chi connectivity index (χ1v) is 10.4. The van der Waals surface area contributed by atoms with Gasteiger partial charge in [-0.2, -0.15) is 0 Å². The van der Waals surface area contributed by atoms with Gasteiger partial charge in [0.15, 0.2) is 5.96 Å². The fraction of sp³-hybridized carbons (Fsp3) is 0.391. The van der Waals surface area contributed by atoms with Crippen molar-refractivity contribution >= 4 is 11.9 Å². The Kier molecular flexibility index (Phi) is 7.68. The lowest BCUT2D eigenvalue weighted by atomic mass is 10.0. The first-order chi connectivity index (χ1) is 14.6. The van der Waals surface area contributed by atoms with Gasteiger partial charge in [-0.3, -0.25) is 9.79 Å². The number of aryl methyl sites for hydroxylation is 1. The van der Waals surface area contributed by atoms with Crippen molar-refractivity contribution in [3.05, 3.63) is 65.2 Å². The van der Waals surface area contributed by atoms with E-state index >= 15 is 0 Å². The first-order valence-electron chi connectivity index (χ1n) is 10.4. The number of nitrogens with zero attached hydrogens (tertiary/aromatic N) is 2. The van der Waals surface area contributed by atoms with E-state index < -0.39 is 0 Å². The van der Waals surface area contributed by atoms with Crippen molar-refractivity contribution in [2.24, 2.45) is 4.99 Å². The number of guanidine groups is 1. The number of nitrogens with one attached hydrogen (secondary N) is 2. The third kappa shape index (κ3) is 5.73. The number of carbonyl (C=O) groups excluding carboxylic acids is 1. The Bertz CT molecular complexity index is 867. The predicted octanol–water partition coefficient (Wildman–Crippen LogP) is 2.47. The maximum Gasteiger partial charge on any atom is 0.251 e. The van der Waals surface area contributed by atoms with Crippen molar-refractivity contribution in [3.63, 3.8) is 0 Å². The molecule has 0 bridgehead atoms. The van der Waals surface area contributed by atoms with Crippen LogP contribution in [-0.2, 0) is 4.74 Å². The van der Waals surface area contributed by atoms with E-state index in [1.807, 2.05) is 19.1 Å². The number of ether oxygens (including phenoxy) is 1. The molecule has 1 aliphatic rings. The molecule has 2 aromatic rings. The van der Waals surface area contributed by atoms with Gasteiger partial charge in [-0.1, -0.05) is 24.3 Å². The second kappa shape index (κ2) is 10.6. The van der Waals surface area contributed by atoms with E-state index in [1.54, 1.807) is 12.1 Å². The SMILES string of the molecule is CCNC(=NCCNC(=O)c1ccc(O)cc1)N1CCOC(c2ccccc2C)C1. The van der Waals surface area contributed by atoms with E-state index in [4.69, 9.17) is 4.74 Å². The number of phenolic OH excluding ortho intramolecular Hbond substituents is 1. The maximum atomic E-state index is 12.2. The molecule has 1 heterocycles. The topological polar surface area (TPSA) is 86.2 Å². The van der Waals surface area contributed by atoms with Crippen LogP contribution in [0.25, 0.3) is 0 Å². The first kappa shape index (κ1) is 21.6. The number of benzene rings is 2. The quantitative estimate of drug-likeness (QED) is 0.387. The lowest BCUT2D eigenvalue weighted by molar-refractivity contribution is -0.00832. The minimum Gasteiger partial charge on any atom is -0.508 e. The lowest BCUT2D eigenvalue weighted by Crippen LogP contribution is -2.48. The van der Waals surface area contributed by atoms with Crippen LogP contribution in [0.4, 0.5) is 0 Å². The number of morpholine rings is 1. The normalized spacial score (nSPS) is 16.9. The molecule has 1 saturated heterocycles. The molecule has 7 heteroatoms. The summed E-state index contributed by atoms with van der Waals surface area (Å²) < 4.78 is 6.02. The third-order valence-electron chi connectivity index (χ3n) is 5.02. The molecule has 1 atom stereocenters. The Morgan fingerprint density at radius 1 is 1.20 bits per heavy atom. The zero-order valence-corrected chi connectivity index (χ0v) is 17.6. The summed E-state index contributed by atoms with van der Waals surface area (Å²) in [6, 6.07) is 14.5. The molecule has 1 fully saturated rings. The number of rotatable bonds is 6. The number of phenols is 1. The molecular weight excluding hydrogens is 380 g/mol. The van der Waals surface area contributed by atoms with Crippen LogP contribution in [0.2, 0.25) is 0 Å². The standard InChI is InChI=1S/C23H30N4O3/c1-3-24-23(26-13-12-25-22(29)18-8-10-19(28)11-9-18)27-14-15-30-21(16-27)20-7-5-4-6-17(20)2/h4-11,21,28H,3,12-16H2,1-2H3,(H,24,26)(H,25,29). The molecule has 3 N–H and O–H groups in total. The number of amides is 1. The van der Waals surface area contributed by atoms with Gasteiger partial charge in [0.2, 0.25) is 0 Å². The number of aliphatic imine (C=N–C) groups is 1. The van der Waals surface area contributed by atoms with Crippen molar-refractivity contribution in [1.29, 1.82) is 0 Å². The van der Waals surface area contributed by atoms with E-state index in [1.165, 1.54) is 23.3 Å². The summed E-state index contributed by atoms with van der Waals surface area (Å²) in [6.45, 7) is 7.96. The molecule has 1 unspecified atom stereocenters. The highest BCUT2D eigenvalue weighted by molar-refractivity contribution is 5.94. The summed E-state index contributed by atoms with van der Waals surface area (Å²) in [7, 11) is 0.